The van der Waals surface area contributed by atoms with Crippen molar-refractivity contribution in [1.82, 2.24) is 33.5 Å². The van der Waals surface area contributed by atoms with Crippen LogP contribution in [0.2, 0.25) is 15.1 Å². The molecule has 0 spiro atoms. The Balaban J connectivity index is 1.17. The number of alkyl halides is 3. The second-order valence-corrected chi connectivity index (χ2v) is 16.9. The van der Waals surface area contributed by atoms with Gasteiger partial charge in [0.05, 0.1) is 59.8 Å². The molecule has 1 saturated heterocycles. The molecule has 2 N–H and O–H groups in total. The molecule has 1 aliphatic carbocycles. The van der Waals surface area contributed by atoms with Gasteiger partial charge < -0.3 is 19.1 Å². The number of methoxy groups -OCH3 is 2. The Hall–Kier alpha value is -6.57. The fourth-order valence-electron chi connectivity index (χ4n) is 9.47. The second kappa shape index (κ2) is 15.8. The number of carbonyl (C=O) groups excluding carboxylic acids is 2. The molecule has 4 atom stereocenters. The maximum Gasteiger partial charge on any atom is 0.417 e. The number of aromatic hydroxyl groups is 1. The number of benzene rings is 3. The number of carbonyl (C=O) groups is 2. The summed E-state index contributed by atoms with van der Waals surface area (Å²) in [6, 6.07) is 13.0. The number of imide groups is 1. The highest BCUT2D eigenvalue weighted by Gasteiger charge is 2.69. The Morgan fingerprint density at radius 1 is 0.923 bits per heavy atom. The molecule has 65 heavy (non-hydrogen) atoms. The molecule has 6 aromatic rings. The molecule has 3 aromatic carbocycles. The Bertz CT molecular complexity index is 3220. The van der Waals surface area contributed by atoms with E-state index in [4.69, 9.17) is 44.3 Å². The smallest absolute Gasteiger partial charge is 0.417 e. The van der Waals surface area contributed by atoms with Gasteiger partial charge in [0, 0.05) is 54.3 Å². The Kier molecular flexibility index (Phi) is 10.6. The van der Waals surface area contributed by atoms with Gasteiger partial charge in [-0.1, -0.05) is 59.1 Å². The Labute approximate surface area is 379 Å². The van der Waals surface area contributed by atoms with Crippen molar-refractivity contribution in [2.24, 2.45) is 13.0 Å². The number of phenolic OH excluding ortho intramolecular Hbond substituents is 1. The van der Waals surface area contributed by atoms with E-state index in [1.54, 1.807) is 37.4 Å². The average Bonchev–Trinajstić information content (AvgIpc) is 3.64. The summed E-state index contributed by atoms with van der Waals surface area (Å²) in [5.41, 5.74) is -0.569. The van der Waals surface area contributed by atoms with Crippen LogP contribution in [-0.4, -0.2) is 64.6 Å². The molecule has 2 fully saturated rings. The summed E-state index contributed by atoms with van der Waals surface area (Å²) < 4.78 is 56.2. The zero-order valence-corrected chi connectivity index (χ0v) is 36.5. The minimum absolute atomic E-state index is 0.00356. The molecule has 0 unspecified atom stereocenters. The van der Waals surface area contributed by atoms with E-state index in [1.165, 1.54) is 58.5 Å². The predicted octanol–water partition coefficient (Wildman–Crippen LogP) is 6.02. The summed E-state index contributed by atoms with van der Waals surface area (Å²) in [6.07, 6.45) is -3.00. The normalized spacial score (nSPS) is 20.4. The molecule has 1 saturated carbocycles. The van der Waals surface area contributed by atoms with Crippen molar-refractivity contribution in [1.29, 1.82) is 0 Å². The number of pyridine rings is 1. The van der Waals surface area contributed by atoms with Gasteiger partial charge in [-0.3, -0.25) is 19.8 Å². The van der Waals surface area contributed by atoms with Crippen LogP contribution in [0.15, 0.2) is 92.9 Å². The van der Waals surface area contributed by atoms with E-state index < -0.39 is 74.6 Å². The molecule has 0 radical (unpaired) electrons. The number of amides is 2. The molecule has 9 rings (SSSR count). The first-order valence-corrected chi connectivity index (χ1v) is 20.9. The lowest BCUT2D eigenvalue weighted by Gasteiger charge is -2.49. The van der Waals surface area contributed by atoms with E-state index in [0.717, 1.165) is 4.57 Å². The van der Waals surface area contributed by atoms with E-state index >= 15 is 4.79 Å². The Morgan fingerprint density at radius 2 is 1.63 bits per heavy atom. The summed E-state index contributed by atoms with van der Waals surface area (Å²) in [4.78, 5) is 81.1. The number of nitrogens with one attached hydrogen (secondary N) is 1. The predicted molar refractivity (Wildman–Crippen MR) is 231 cm³/mol. The minimum Gasteiger partial charge on any atom is -0.508 e. The Morgan fingerprint density at radius 3 is 2.29 bits per heavy atom. The van der Waals surface area contributed by atoms with E-state index in [-0.39, 0.29) is 48.0 Å². The molecule has 3 aliphatic rings. The maximum absolute atomic E-state index is 15.4. The van der Waals surface area contributed by atoms with Crippen LogP contribution in [0, 0.1) is 5.92 Å². The van der Waals surface area contributed by atoms with Crippen LogP contribution < -0.4 is 31.8 Å². The lowest BCUT2D eigenvalue weighted by molar-refractivity contribution is -0.139. The number of hydrazine groups is 1. The number of aryl methyl sites for hydroxylation is 2. The lowest BCUT2D eigenvalue weighted by Crippen LogP contribution is -2.53. The van der Waals surface area contributed by atoms with Gasteiger partial charge in [-0.05, 0) is 53.5 Å². The van der Waals surface area contributed by atoms with E-state index in [9.17, 15) is 37.5 Å². The first kappa shape index (κ1) is 43.7. The summed E-state index contributed by atoms with van der Waals surface area (Å²) in [6.45, 7) is -0.442. The minimum atomic E-state index is -4.80. The highest BCUT2D eigenvalue weighted by molar-refractivity contribution is 6.33. The van der Waals surface area contributed by atoms with Crippen molar-refractivity contribution in [2.45, 2.75) is 49.5 Å². The number of aromatic nitrogens is 6. The highest BCUT2D eigenvalue weighted by atomic mass is 35.5. The number of ether oxygens (including phenoxy) is 2. The lowest BCUT2D eigenvalue weighted by atomic mass is 9.53. The van der Waals surface area contributed by atoms with Crippen LogP contribution in [0.5, 0.6) is 17.2 Å². The first-order chi connectivity index (χ1) is 30.9. The monoisotopic (exact) mass is 952 g/mol. The molecule has 0 bridgehead atoms. The van der Waals surface area contributed by atoms with Gasteiger partial charge in [0.15, 0.2) is 17.3 Å². The second-order valence-electron chi connectivity index (χ2n) is 15.7. The van der Waals surface area contributed by atoms with Crippen LogP contribution in [0.25, 0.3) is 11.0 Å². The van der Waals surface area contributed by atoms with Gasteiger partial charge >= 0.3 is 17.6 Å². The van der Waals surface area contributed by atoms with Crippen molar-refractivity contribution in [2.75, 3.05) is 19.6 Å². The van der Waals surface area contributed by atoms with Crippen LogP contribution in [0.4, 0.5) is 19.0 Å². The quantitative estimate of drug-likeness (QED) is 0.128. The van der Waals surface area contributed by atoms with Crippen molar-refractivity contribution >= 4 is 63.5 Å². The van der Waals surface area contributed by atoms with Crippen molar-refractivity contribution in [3.8, 4) is 17.2 Å². The number of allylic oxidation sites excluding steroid dienone is 2. The van der Waals surface area contributed by atoms with E-state index in [0.29, 0.717) is 56.0 Å². The van der Waals surface area contributed by atoms with Gasteiger partial charge in [0.1, 0.15) is 11.4 Å². The molecule has 16 nitrogen and oxygen atoms in total. The van der Waals surface area contributed by atoms with Crippen LogP contribution >= 0.6 is 34.8 Å². The number of hydrogen-bond acceptors (Lipinski definition) is 11. The van der Waals surface area contributed by atoms with Crippen LogP contribution in [0.1, 0.15) is 40.8 Å². The van der Waals surface area contributed by atoms with Crippen LogP contribution in [0.3, 0.4) is 0 Å². The molecule has 22 heteroatoms. The third-order valence-electron chi connectivity index (χ3n) is 12.4. The maximum atomic E-state index is 15.4. The van der Waals surface area contributed by atoms with Gasteiger partial charge in [-0.2, -0.15) is 18.2 Å². The third-order valence-corrected chi connectivity index (χ3v) is 13.3. The topological polar surface area (TPSA) is 185 Å². The number of rotatable bonds is 9. The largest absolute Gasteiger partial charge is 0.508 e. The summed E-state index contributed by atoms with van der Waals surface area (Å²) in [5.74, 6) is -4.15. The molecule has 3 aromatic heterocycles. The number of nitrogens with zero attached hydrogens (tertiary/aromatic N) is 7. The number of halogens is 6. The van der Waals surface area contributed by atoms with Gasteiger partial charge in [-0.25, -0.2) is 33.5 Å². The third kappa shape index (κ3) is 6.77. The summed E-state index contributed by atoms with van der Waals surface area (Å²) >= 11 is 19.5. The number of anilines is 1. The molecular weight excluding hydrogens is 920 g/mol. The van der Waals surface area contributed by atoms with Crippen molar-refractivity contribution in [3.05, 3.63) is 147 Å². The number of phenols is 1. The zero-order chi connectivity index (χ0) is 46.4. The standard InChI is InChI=1S/C43H34Cl3F3N8O8/c1-53-32-18-34(65-3)33(64-2)17-30(32)51-29(38(53)60)11-12-54-40(62)55-13-10-25-31(57(55)41(54)63)16-26-37(59)56(52-36-28(46)14-21(19-50-36)43(47,48)49)39(61)42(26,20-4-6-22(44)7-5-20)35(25)24-9-8-23(58)15-27(24)45/h4-10,14-15,17-19,26,31,35,58H,11-13,16H2,1-3H3,(H,50,52)/t26-,31+,35-,42+/m0/s1. The summed E-state index contributed by atoms with van der Waals surface area (Å²) in [5, 5.41) is 10.9. The van der Waals surface area contributed by atoms with E-state index in [1.807, 2.05) is 0 Å². The van der Waals surface area contributed by atoms with Gasteiger partial charge in [-0.15, -0.1) is 0 Å². The fraction of sp³-hybridized carbons (Fsp3) is 0.279. The summed E-state index contributed by atoms with van der Waals surface area (Å²) in [7, 11) is 4.47. The zero-order valence-electron chi connectivity index (χ0n) is 34.2. The molecule has 5 heterocycles. The van der Waals surface area contributed by atoms with Crippen LogP contribution in [-0.2, 0) is 47.7 Å². The van der Waals surface area contributed by atoms with Crippen molar-refractivity contribution < 1.29 is 37.3 Å². The number of fused-ring (bicyclic) bond motifs is 5. The molecule has 2 aliphatic heterocycles. The molecule has 336 valence electrons. The van der Waals surface area contributed by atoms with Crippen molar-refractivity contribution in [3.63, 3.8) is 0 Å². The SMILES string of the molecule is COc1cc2nc(CCn3c(=O)n4n(c3=O)[C@@H]3C[C@H]5C(=O)N(Nc6ncc(C(F)(F)F)cc6Cl)C(=O)[C@@]5(c5ccc(Cl)cc5)[C@@H](c5ccc(O)cc5Cl)C3=CC4)c(=O)n(C)c2cc1OC. The molecule has 2 amide bonds. The van der Waals surface area contributed by atoms with Gasteiger partial charge in [0.2, 0.25) is 0 Å². The fourth-order valence-corrected chi connectivity index (χ4v) is 10.1. The highest BCUT2D eigenvalue weighted by Crippen LogP contribution is 2.62. The average molecular weight is 954 g/mol. The molecular formula is C43H34Cl3F3N8O8. The first-order valence-electron chi connectivity index (χ1n) is 19.8. The van der Waals surface area contributed by atoms with Gasteiger partial charge in [0.25, 0.3) is 17.4 Å². The van der Waals surface area contributed by atoms with E-state index in [2.05, 4.69) is 15.4 Å². The number of hydrogen-bond donors (Lipinski definition) is 2.